The van der Waals surface area contributed by atoms with Crippen LogP contribution in [0.3, 0.4) is 0 Å². The number of nitrogens with one attached hydrogen (secondary N) is 1. The van der Waals surface area contributed by atoms with Crippen molar-refractivity contribution in [2.24, 2.45) is 0 Å². The fourth-order valence-electron chi connectivity index (χ4n) is 3.89. The van der Waals surface area contributed by atoms with Gasteiger partial charge in [-0.1, -0.05) is 37.3 Å². The molecule has 0 saturated carbocycles. The maximum atomic E-state index is 13.7. The summed E-state index contributed by atoms with van der Waals surface area (Å²) in [5.74, 6) is 0.596. The number of anilines is 2. The summed E-state index contributed by atoms with van der Waals surface area (Å²) in [5, 5.41) is 3.18. The quantitative estimate of drug-likeness (QED) is 0.454. The van der Waals surface area contributed by atoms with Gasteiger partial charge in [-0.3, -0.25) is 9.59 Å². The molecular weight excluding hydrogens is 428 g/mol. The van der Waals surface area contributed by atoms with Gasteiger partial charge in [0.15, 0.2) is 0 Å². The van der Waals surface area contributed by atoms with Crippen molar-refractivity contribution in [2.75, 3.05) is 23.9 Å². The third-order valence-electron chi connectivity index (χ3n) is 5.86. The molecule has 6 heteroatoms. The van der Waals surface area contributed by atoms with Gasteiger partial charge in [0.2, 0.25) is 0 Å². The van der Waals surface area contributed by atoms with E-state index >= 15 is 0 Å². The van der Waals surface area contributed by atoms with Gasteiger partial charge in [0.1, 0.15) is 17.2 Å². The average Bonchev–Trinajstić information content (AvgIpc) is 3.09. The van der Waals surface area contributed by atoms with Crippen molar-refractivity contribution in [3.05, 3.63) is 89.1 Å². The monoisotopic (exact) mass is 456 g/mol. The molecule has 0 unspecified atom stereocenters. The molecule has 0 spiro atoms. The highest BCUT2D eigenvalue weighted by Crippen LogP contribution is 2.36. The number of hydrogen-bond acceptors (Lipinski definition) is 5. The zero-order valence-corrected chi connectivity index (χ0v) is 19.8. The second-order valence-corrected chi connectivity index (χ2v) is 8.14. The number of nitrogens with zero attached hydrogens (tertiary/aromatic N) is 1. The van der Waals surface area contributed by atoms with Crippen LogP contribution >= 0.6 is 0 Å². The highest BCUT2D eigenvalue weighted by Gasteiger charge is 2.41. The largest absolute Gasteiger partial charge is 0.497 e. The lowest BCUT2D eigenvalue weighted by Crippen LogP contribution is -2.33. The Labute approximate surface area is 199 Å². The Kier molecular flexibility index (Phi) is 6.68. The first kappa shape index (κ1) is 23.1. The van der Waals surface area contributed by atoms with Crippen LogP contribution in [0.15, 0.2) is 72.4 Å². The highest BCUT2D eigenvalue weighted by molar-refractivity contribution is 6.46. The first-order chi connectivity index (χ1) is 16.4. The second-order valence-electron chi connectivity index (χ2n) is 8.14. The van der Waals surface area contributed by atoms with Crippen LogP contribution in [-0.4, -0.2) is 25.5 Å². The molecule has 4 rings (SSSR count). The third-order valence-corrected chi connectivity index (χ3v) is 5.86. The van der Waals surface area contributed by atoms with Gasteiger partial charge in [0.05, 0.1) is 25.0 Å². The van der Waals surface area contributed by atoms with E-state index in [1.54, 1.807) is 19.2 Å². The fraction of sp³-hybridized carbons (Fsp3) is 0.214. The molecule has 0 aromatic heterocycles. The minimum absolute atomic E-state index is 0.224. The number of imide groups is 1. The zero-order chi connectivity index (χ0) is 24.2. The topological polar surface area (TPSA) is 67.9 Å². The smallest absolute Gasteiger partial charge is 0.282 e. The Hall–Kier alpha value is -4.06. The Morgan fingerprint density at radius 2 is 1.62 bits per heavy atom. The van der Waals surface area contributed by atoms with Crippen molar-refractivity contribution in [1.82, 2.24) is 0 Å². The van der Waals surface area contributed by atoms with Gasteiger partial charge in [-0.25, -0.2) is 4.90 Å². The summed E-state index contributed by atoms with van der Waals surface area (Å²) in [6.45, 7) is 6.53. The van der Waals surface area contributed by atoms with Gasteiger partial charge >= 0.3 is 0 Å². The van der Waals surface area contributed by atoms with E-state index in [1.165, 1.54) is 4.90 Å². The summed E-state index contributed by atoms with van der Waals surface area (Å²) in [5.41, 5.74) is 4.30. The molecular formula is C28H28N2O4. The van der Waals surface area contributed by atoms with Crippen LogP contribution in [0, 0.1) is 13.8 Å². The minimum Gasteiger partial charge on any atom is -0.497 e. The lowest BCUT2D eigenvalue weighted by molar-refractivity contribution is -0.120. The number of hydrogen-bond donors (Lipinski definition) is 1. The summed E-state index contributed by atoms with van der Waals surface area (Å²) < 4.78 is 11.0. The summed E-state index contributed by atoms with van der Waals surface area (Å²) in [4.78, 5) is 28.6. The number of methoxy groups -OCH3 is 1. The molecule has 1 heterocycles. The van der Waals surface area contributed by atoms with Crippen LogP contribution in [0.1, 0.15) is 30.0 Å². The predicted molar refractivity (Wildman–Crippen MR) is 134 cm³/mol. The van der Waals surface area contributed by atoms with Crippen LogP contribution < -0.4 is 19.7 Å². The van der Waals surface area contributed by atoms with Crippen LogP contribution in [0.5, 0.6) is 11.5 Å². The SMILES string of the molecule is CCCOc1ccc(C2=C(Nc3cccc(OC)c3)C(=O)N(c3cccc(C)c3C)C2=O)cc1. The first-order valence-corrected chi connectivity index (χ1v) is 11.3. The number of carbonyl (C=O) groups excluding carboxylic acids is 2. The van der Waals surface area contributed by atoms with Gasteiger partial charge in [0.25, 0.3) is 11.8 Å². The summed E-state index contributed by atoms with van der Waals surface area (Å²) in [7, 11) is 1.58. The fourth-order valence-corrected chi connectivity index (χ4v) is 3.89. The molecule has 6 nitrogen and oxygen atoms in total. The molecule has 0 atom stereocenters. The summed E-state index contributed by atoms with van der Waals surface area (Å²) >= 11 is 0. The lowest BCUT2D eigenvalue weighted by Gasteiger charge is -2.19. The molecule has 1 N–H and O–H groups in total. The van der Waals surface area contributed by atoms with E-state index in [2.05, 4.69) is 5.32 Å². The molecule has 0 saturated heterocycles. The molecule has 1 aliphatic heterocycles. The molecule has 0 fully saturated rings. The Balaban J connectivity index is 1.79. The number of aryl methyl sites for hydroxylation is 1. The van der Waals surface area contributed by atoms with Crippen molar-refractivity contribution in [3.8, 4) is 11.5 Å². The van der Waals surface area contributed by atoms with Crippen molar-refractivity contribution < 1.29 is 19.1 Å². The van der Waals surface area contributed by atoms with Crippen LogP contribution in [-0.2, 0) is 9.59 Å². The van der Waals surface area contributed by atoms with Crippen LogP contribution in [0.2, 0.25) is 0 Å². The number of amides is 2. The highest BCUT2D eigenvalue weighted by atomic mass is 16.5. The first-order valence-electron chi connectivity index (χ1n) is 11.3. The molecule has 3 aromatic rings. The zero-order valence-electron chi connectivity index (χ0n) is 19.8. The molecule has 0 radical (unpaired) electrons. The number of ether oxygens (including phenoxy) is 2. The lowest BCUT2D eigenvalue weighted by atomic mass is 10.0. The Bertz CT molecular complexity index is 1260. The molecule has 0 aliphatic carbocycles. The maximum absolute atomic E-state index is 13.7. The minimum atomic E-state index is -0.400. The van der Waals surface area contributed by atoms with Gasteiger partial charge in [-0.15, -0.1) is 0 Å². The van der Waals surface area contributed by atoms with Crippen molar-refractivity contribution in [1.29, 1.82) is 0 Å². The Morgan fingerprint density at radius 3 is 2.32 bits per heavy atom. The van der Waals surface area contributed by atoms with Crippen molar-refractivity contribution >= 4 is 28.8 Å². The maximum Gasteiger partial charge on any atom is 0.282 e. The number of carbonyl (C=O) groups is 2. The van der Waals surface area contributed by atoms with E-state index in [-0.39, 0.29) is 11.6 Å². The van der Waals surface area contributed by atoms with E-state index in [0.29, 0.717) is 34.9 Å². The van der Waals surface area contributed by atoms with Gasteiger partial charge in [0, 0.05) is 11.8 Å². The Morgan fingerprint density at radius 1 is 0.882 bits per heavy atom. The van der Waals surface area contributed by atoms with Gasteiger partial charge in [-0.05, 0) is 67.3 Å². The number of rotatable bonds is 8. The molecule has 1 aliphatic rings. The van der Waals surface area contributed by atoms with Crippen LogP contribution in [0.4, 0.5) is 11.4 Å². The van der Waals surface area contributed by atoms with Crippen molar-refractivity contribution in [2.45, 2.75) is 27.2 Å². The second kappa shape index (κ2) is 9.83. The standard InChI is InChI=1S/C28H28N2O4/c1-5-16-34-22-14-12-20(13-15-22)25-26(29-21-9-7-10-23(17-21)33-4)28(32)30(27(25)31)24-11-6-8-18(2)19(24)3/h6-15,17,29H,5,16H2,1-4H3. The average molecular weight is 457 g/mol. The third kappa shape index (κ3) is 4.39. The summed E-state index contributed by atoms with van der Waals surface area (Å²) in [6.07, 6.45) is 0.902. The normalized spacial score (nSPS) is 13.5. The molecule has 174 valence electrons. The predicted octanol–water partition coefficient (Wildman–Crippen LogP) is 5.50. The van der Waals surface area contributed by atoms with E-state index < -0.39 is 5.91 Å². The molecule has 0 bridgehead atoms. The van der Waals surface area contributed by atoms with Crippen molar-refractivity contribution in [3.63, 3.8) is 0 Å². The number of benzene rings is 3. The van der Waals surface area contributed by atoms with Gasteiger partial charge < -0.3 is 14.8 Å². The molecule has 3 aromatic carbocycles. The van der Waals surface area contributed by atoms with E-state index in [0.717, 1.165) is 23.3 Å². The van der Waals surface area contributed by atoms with Gasteiger partial charge in [-0.2, -0.15) is 0 Å². The van der Waals surface area contributed by atoms with Crippen LogP contribution in [0.25, 0.3) is 5.57 Å². The molecule has 34 heavy (non-hydrogen) atoms. The van der Waals surface area contributed by atoms with E-state index in [1.807, 2.05) is 75.4 Å². The van der Waals surface area contributed by atoms with E-state index in [9.17, 15) is 9.59 Å². The van der Waals surface area contributed by atoms with E-state index in [4.69, 9.17) is 9.47 Å². The molecule has 2 amide bonds. The summed E-state index contributed by atoms with van der Waals surface area (Å²) in [6, 6.07) is 20.1.